The highest BCUT2D eigenvalue weighted by Crippen LogP contribution is 2.48. The van der Waals surface area contributed by atoms with Crippen LogP contribution in [0.3, 0.4) is 0 Å². The molecule has 9 rings (SSSR count). The van der Waals surface area contributed by atoms with Crippen LogP contribution in [0.15, 0.2) is 42.7 Å². The average Bonchev–Trinajstić information content (AvgIpc) is 3.44. The van der Waals surface area contributed by atoms with Crippen LogP contribution in [0.25, 0.3) is 33.8 Å². The molecule has 5 heterocycles. The normalized spacial score (nSPS) is 22.5. The van der Waals surface area contributed by atoms with E-state index in [2.05, 4.69) is 62.3 Å². The van der Waals surface area contributed by atoms with Gasteiger partial charge in [0.05, 0.1) is 31.4 Å². The standard InChI is InChI=1S/C40H45N5O3/c1-4-42-21-31-19-30(42)22-43(31)40(47)39-37(41-23-45(39)29-11-12-29)28-16-27-17-32(48-3)13-15-33(27)38-36(25-8-6-5-7-9-25)34-14-10-26(24(2)46)18-35(34)44(38)20-28/h10,13-18,23,25,29-31H,4-9,11-12,19-22H2,1-3H3. The zero-order chi connectivity index (χ0) is 32.7. The van der Waals surface area contributed by atoms with Crippen molar-refractivity contribution in [2.45, 2.75) is 95.8 Å². The first-order valence-corrected chi connectivity index (χ1v) is 18.1. The summed E-state index contributed by atoms with van der Waals surface area (Å²) >= 11 is 0. The molecule has 2 aromatic heterocycles. The van der Waals surface area contributed by atoms with E-state index in [1.54, 1.807) is 14.0 Å². The number of carbonyl (C=O) groups is 2. The fourth-order valence-corrected chi connectivity index (χ4v) is 9.36. The number of likely N-dealkylation sites (tertiary alicyclic amines) is 2. The number of benzene rings is 2. The van der Waals surface area contributed by atoms with E-state index in [1.165, 1.54) is 48.7 Å². The third-order valence-electron chi connectivity index (χ3n) is 12.0. The zero-order valence-corrected chi connectivity index (χ0v) is 28.4. The molecule has 2 bridgehead atoms. The predicted molar refractivity (Wildman–Crippen MR) is 189 cm³/mol. The molecule has 8 nitrogen and oxygen atoms in total. The van der Waals surface area contributed by atoms with Crippen LogP contribution in [0.1, 0.15) is 115 Å². The summed E-state index contributed by atoms with van der Waals surface area (Å²) in [6.45, 7) is 7.21. The van der Waals surface area contributed by atoms with Gasteiger partial charge in [-0.2, -0.15) is 0 Å². The Hall–Kier alpha value is -4.17. The van der Waals surface area contributed by atoms with Gasteiger partial charge in [0.15, 0.2) is 5.78 Å². The quantitative estimate of drug-likeness (QED) is 0.194. The number of imidazole rings is 1. The molecular weight excluding hydrogens is 598 g/mol. The Labute approximate surface area is 282 Å². The molecule has 2 saturated heterocycles. The highest BCUT2D eigenvalue weighted by atomic mass is 16.5. The second-order valence-electron chi connectivity index (χ2n) is 14.8. The Morgan fingerprint density at radius 2 is 1.79 bits per heavy atom. The summed E-state index contributed by atoms with van der Waals surface area (Å²) in [7, 11) is 1.72. The van der Waals surface area contributed by atoms with Crippen molar-refractivity contribution >= 4 is 34.2 Å². The van der Waals surface area contributed by atoms with Crippen molar-refractivity contribution in [1.82, 2.24) is 23.9 Å². The lowest BCUT2D eigenvalue weighted by Crippen LogP contribution is -2.49. The molecule has 0 spiro atoms. The number of amides is 1. The van der Waals surface area contributed by atoms with Crippen LogP contribution < -0.4 is 4.74 Å². The minimum absolute atomic E-state index is 0.0683. The molecule has 2 aromatic carbocycles. The minimum atomic E-state index is 0.0683. The van der Waals surface area contributed by atoms with Crippen molar-refractivity contribution < 1.29 is 14.3 Å². The summed E-state index contributed by atoms with van der Waals surface area (Å²) in [5.74, 6) is 1.45. The molecule has 5 aliphatic rings. The molecule has 248 valence electrons. The van der Waals surface area contributed by atoms with Crippen LogP contribution in [-0.4, -0.2) is 74.4 Å². The number of carbonyl (C=O) groups excluding carboxylic acids is 2. The van der Waals surface area contributed by atoms with Gasteiger partial charge in [-0.05, 0) is 93.0 Å². The Balaban J connectivity index is 1.24. The maximum atomic E-state index is 14.7. The molecule has 1 amide bonds. The molecule has 8 heteroatoms. The molecule has 48 heavy (non-hydrogen) atoms. The summed E-state index contributed by atoms with van der Waals surface area (Å²) < 4.78 is 10.4. The molecule has 3 aliphatic heterocycles. The number of nitrogens with zero attached hydrogens (tertiary/aromatic N) is 5. The fourth-order valence-electron chi connectivity index (χ4n) is 9.36. The lowest BCUT2D eigenvalue weighted by atomic mass is 9.81. The topological polar surface area (TPSA) is 72.6 Å². The van der Waals surface area contributed by atoms with Gasteiger partial charge in [0.25, 0.3) is 5.91 Å². The predicted octanol–water partition coefficient (Wildman–Crippen LogP) is 7.57. The molecular formula is C40H45N5O3. The Morgan fingerprint density at radius 1 is 0.958 bits per heavy atom. The van der Waals surface area contributed by atoms with Gasteiger partial charge in [0.1, 0.15) is 11.4 Å². The average molecular weight is 644 g/mol. The molecule has 0 N–H and O–H groups in total. The van der Waals surface area contributed by atoms with Crippen LogP contribution in [-0.2, 0) is 6.54 Å². The van der Waals surface area contributed by atoms with E-state index in [1.807, 2.05) is 12.4 Å². The van der Waals surface area contributed by atoms with Gasteiger partial charge in [0.2, 0.25) is 0 Å². The third-order valence-corrected chi connectivity index (χ3v) is 12.0. The number of rotatable bonds is 7. The molecule has 2 saturated carbocycles. The highest BCUT2D eigenvalue weighted by molar-refractivity contribution is 6.04. The summed E-state index contributed by atoms with van der Waals surface area (Å²) in [5.41, 5.74) is 9.22. The van der Waals surface area contributed by atoms with Crippen LogP contribution >= 0.6 is 0 Å². The van der Waals surface area contributed by atoms with Crippen LogP contribution in [0.2, 0.25) is 0 Å². The number of ketones is 1. The zero-order valence-electron chi connectivity index (χ0n) is 28.4. The van der Waals surface area contributed by atoms with E-state index in [-0.39, 0.29) is 17.7 Å². The van der Waals surface area contributed by atoms with Crippen molar-refractivity contribution in [3.8, 4) is 17.0 Å². The first-order chi connectivity index (χ1) is 23.4. The lowest BCUT2D eigenvalue weighted by molar-refractivity contribution is 0.0619. The number of piperazine rings is 1. The maximum Gasteiger partial charge on any atom is 0.273 e. The number of hydrogen-bond donors (Lipinski definition) is 0. The van der Waals surface area contributed by atoms with Crippen LogP contribution in [0.4, 0.5) is 0 Å². The molecule has 4 aromatic rings. The Kier molecular flexibility index (Phi) is 7.15. The fraction of sp³-hybridized carbons (Fsp3) is 0.475. The summed E-state index contributed by atoms with van der Waals surface area (Å²) in [4.78, 5) is 37.1. The largest absolute Gasteiger partial charge is 0.497 e. The number of likely N-dealkylation sites (N-methyl/N-ethyl adjacent to an activating group) is 1. The summed E-state index contributed by atoms with van der Waals surface area (Å²) in [6, 6.07) is 13.7. The molecule has 0 radical (unpaired) electrons. The van der Waals surface area contributed by atoms with E-state index >= 15 is 0 Å². The van der Waals surface area contributed by atoms with E-state index in [0.717, 1.165) is 83.8 Å². The summed E-state index contributed by atoms with van der Waals surface area (Å²) in [6.07, 6.45) is 13.5. The molecule has 2 unspecified atom stereocenters. The number of ether oxygens (including phenoxy) is 1. The highest BCUT2D eigenvalue weighted by Gasteiger charge is 2.46. The van der Waals surface area contributed by atoms with Gasteiger partial charge in [-0.1, -0.05) is 38.3 Å². The van der Waals surface area contributed by atoms with Crippen molar-refractivity contribution in [2.24, 2.45) is 0 Å². The van der Waals surface area contributed by atoms with Gasteiger partial charge in [0, 0.05) is 58.8 Å². The Morgan fingerprint density at radius 3 is 2.50 bits per heavy atom. The van der Waals surface area contributed by atoms with Gasteiger partial charge in [-0.25, -0.2) is 4.98 Å². The van der Waals surface area contributed by atoms with Crippen molar-refractivity contribution in [3.05, 3.63) is 70.8 Å². The molecule has 2 atom stereocenters. The van der Waals surface area contributed by atoms with E-state index in [9.17, 15) is 9.59 Å². The van der Waals surface area contributed by atoms with Gasteiger partial charge >= 0.3 is 0 Å². The second kappa shape index (κ2) is 11.5. The maximum absolute atomic E-state index is 14.7. The van der Waals surface area contributed by atoms with E-state index in [4.69, 9.17) is 9.72 Å². The minimum Gasteiger partial charge on any atom is -0.497 e. The third kappa shape index (κ3) is 4.70. The number of aromatic nitrogens is 3. The monoisotopic (exact) mass is 643 g/mol. The first kappa shape index (κ1) is 29.9. The van der Waals surface area contributed by atoms with Crippen molar-refractivity contribution in [1.29, 1.82) is 0 Å². The van der Waals surface area contributed by atoms with Crippen LogP contribution in [0.5, 0.6) is 5.75 Å². The number of hydrogen-bond acceptors (Lipinski definition) is 5. The van der Waals surface area contributed by atoms with Gasteiger partial charge in [-0.3, -0.25) is 14.5 Å². The van der Waals surface area contributed by atoms with E-state index < -0.39 is 0 Å². The lowest BCUT2D eigenvalue weighted by Gasteiger charge is -2.33. The van der Waals surface area contributed by atoms with Crippen molar-refractivity contribution in [2.75, 3.05) is 26.7 Å². The number of fused-ring (bicyclic) bond motifs is 7. The second-order valence-corrected chi connectivity index (χ2v) is 14.8. The summed E-state index contributed by atoms with van der Waals surface area (Å²) in [5, 5.41) is 1.23. The van der Waals surface area contributed by atoms with Crippen LogP contribution in [0, 0.1) is 0 Å². The molecule has 4 fully saturated rings. The smallest absolute Gasteiger partial charge is 0.273 e. The number of allylic oxidation sites excluding steroid dienone is 1. The van der Waals surface area contributed by atoms with Gasteiger partial charge < -0.3 is 18.8 Å². The van der Waals surface area contributed by atoms with Gasteiger partial charge in [-0.15, -0.1) is 0 Å². The number of Topliss-reactive ketones (excluding diaryl/α,β-unsaturated/α-hetero) is 1. The number of methoxy groups -OCH3 is 1. The SMILES string of the molecule is CCN1CC2CC1CN2C(=O)c1c(C2=Cc3cc(OC)ccc3-c3c(C4CCCCC4)c4ccc(C(C)=O)cc4n3C2)ncn1C1CC1. The Bertz CT molecular complexity index is 1990. The van der Waals surface area contributed by atoms with E-state index in [0.29, 0.717) is 24.5 Å². The van der Waals surface area contributed by atoms with Crippen molar-refractivity contribution in [3.63, 3.8) is 0 Å². The first-order valence-electron chi connectivity index (χ1n) is 18.1. The molecule has 2 aliphatic carbocycles.